The molecule has 1 unspecified atom stereocenters. The zero-order valence-electron chi connectivity index (χ0n) is 10.1. The molecule has 5 heteroatoms. The Bertz CT molecular complexity index is 501. The molecule has 0 fully saturated rings. The number of carbonyl (C=O) groups excluding carboxylic acids is 1. The maximum Gasteiger partial charge on any atom is 0.287 e. The number of hydrogen-bond donors (Lipinski definition) is 2. The van der Waals surface area contributed by atoms with Crippen molar-refractivity contribution in [2.24, 2.45) is 0 Å². The lowest BCUT2D eigenvalue weighted by Crippen LogP contribution is -2.27. The quantitative estimate of drug-likeness (QED) is 0.848. The summed E-state index contributed by atoms with van der Waals surface area (Å²) in [5, 5.41) is 12.3. The van der Waals surface area contributed by atoms with E-state index < -0.39 is 6.10 Å². The molecule has 0 aliphatic carbocycles. The minimum Gasteiger partial charge on any atom is -0.467 e. The van der Waals surface area contributed by atoms with E-state index in [1.807, 2.05) is 6.92 Å². The highest BCUT2D eigenvalue weighted by molar-refractivity contribution is 5.91. The van der Waals surface area contributed by atoms with Gasteiger partial charge in [-0.05, 0) is 24.3 Å². The molecule has 18 heavy (non-hydrogen) atoms. The Kier molecular flexibility index (Phi) is 3.84. The highest BCUT2D eigenvalue weighted by Crippen LogP contribution is 2.12. The number of aliphatic hydroxyl groups excluding tert-OH is 1. The Morgan fingerprint density at radius 1 is 1.44 bits per heavy atom. The van der Waals surface area contributed by atoms with E-state index in [0.29, 0.717) is 5.76 Å². The van der Waals surface area contributed by atoms with Crippen LogP contribution in [0.5, 0.6) is 0 Å². The fraction of sp³-hybridized carbons (Fsp3) is 0.308. The second-order valence-electron chi connectivity index (χ2n) is 3.86. The Labute approximate surface area is 104 Å². The first-order valence-electron chi connectivity index (χ1n) is 5.79. The fourth-order valence-electron chi connectivity index (χ4n) is 1.55. The number of carbonyl (C=O) groups is 1. The second kappa shape index (κ2) is 5.55. The first-order chi connectivity index (χ1) is 8.70. The molecule has 0 aromatic carbocycles. The summed E-state index contributed by atoms with van der Waals surface area (Å²) < 4.78 is 10.3. The monoisotopic (exact) mass is 249 g/mol. The molecule has 0 saturated carbocycles. The lowest BCUT2D eigenvalue weighted by molar-refractivity contribution is 0.0873. The average molecular weight is 249 g/mol. The minimum atomic E-state index is -0.857. The molecule has 0 saturated heterocycles. The second-order valence-corrected chi connectivity index (χ2v) is 3.86. The highest BCUT2D eigenvalue weighted by Gasteiger charge is 2.14. The van der Waals surface area contributed by atoms with Crippen molar-refractivity contribution >= 4 is 5.91 Å². The van der Waals surface area contributed by atoms with E-state index in [0.717, 1.165) is 12.2 Å². The molecular weight excluding hydrogens is 234 g/mol. The summed E-state index contributed by atoms with van der Waals surface area (Å²) >= 11 is 0. The molecule has 1 atom stereocenters. The standard InChI is InChI=1S/C13H15NO4/c1-2-9-5-6-12(18-9)13(16)14-8-10(15)11-4-3-7-17-11/h3-7,10,15H,2,8H2,1H3,(H,14,16). The lowest BCUT2D eigenvalue weighted by Gasteiger charge is -2.08. The van der Waals surface area contributed by atoms with Gasteiger partial charge in [0.25, 0.3) is 5.91 Å². The number of furan rings is 2. The fourth-order valence-corrected chi connectivity index (χ4v) is 1.55. The van der Waals surface area contributed by atoms with Crippen molar-refractivity contribution in [2.45, 2.75) is 19.4 Å². The highest BCUT2D eigenvalue weighted by atomic mass is 16.4. The van der Waals surface area contributed by atoms with Crippen LogP contribution in [0, 0.1) is 0 Å². The number of aliphatic hydroxyl groups is 1. The predicted octanol–water partition coefficient (Wildman–Crippen LogP) is 1.90. The molecule has 0 spiro atoms. The summed E-state index contributed by atoms with van der Waals surface area (Å²) in [6.45, 7) is 2.02. The Morgan fingerprint density at radius 2 is 2.28 bits per heavy atom. The van der Waals surface area contributed by atoms with Crippen molar-refractivity contribution in [3.63, 3.8) is 0 Å². The molecule has 5 nitrogen and oxygen atoms in total. The maximum atomic E-state index is 11.7. The predicted molar refractivity (Wildman–Crippen MR) is 64.1 cm³/mol. The van der Waals surface area contributed by atoms with E-state index in [2.05, 4.69) is 5.32 Å². The largest absolute Gasteiger partial charge is 0.467 e. The van der Waals surface area contributed by atoms with Gasteiger partial charge in [0.1, 0.15) is 17.6 Å². The molecule has 1 amide bonds. The minimum absolute atomic E-state index is 0.0779. The molecule has 96 valence electrons. The van der Waals surface area contributed by atoms with Gasteiger partial charge in [-0.1, -0.05) is 6.92 Å². The van der Waals surface area contributed by atoms with Crippen molar-refractivity contribution < 1.29 is 18.7 Å². The van der Waals surface area contributed by atoms with Crippen molar-refractivity contribution in [1.29, 1.82) is 0 Å². The first kappa shape index (κ1) is 12.4. The number of aryl methyl sites for hydroxylation is 1. The topological polar surface area (TPSA) is 75.6 Å². The van der Waals surface area contributed by atoms with Gasteiger partial charge in [0, 0.05) is 6.42 Å². The molecule has 0 aliphatic heterocycles. The first-order valence-corrected chi connectivity index (χ1v) is 5.79. The molecule has 0 bridgehead atoms. The SMILES string of the molecule is CCc1ccc(C(=O)NCC(O)c2ccco2)o1. The van der Waals surface area contributed by atoms with E-state index >= 15 is 0 Å². The van der Waals surface area contributed by atoms with Crippen LogP contribution in [0.3, 0.4) is 0 Å². The van der Waals surface area contributed by atoms with Gasteiger partial charge in [0.2, 0.25) is 0 Å². The van der Waals surface area contributed by atoms with E-state index in [1.165, 1.54) is 6.26 Å². The van der Waals surface area contributed by atoms with Crippen LogP contribution in [0.1, 0.15) is 35.1 Å². The Balaban J connectivity index is 1.88. The Morgan fingerprint density at radius 3 is 2.89 bits per heavy atom. The van der Waals surface area contributed by atoms with Gasteiger partial charge in [-0.15, -0.1) is 0 Å². The van der Waals surface area contributed by atoms with Gasteiger partial charge >= 0.3 is 0 Å². The smallest absolute Gasteiger partial charge is 0.287 e. The van der Waals surface area contributed by atoms with E-state index in [9.17, 15) is 9.90 Å². The summed E-state index contributed by atoms with van der Waals surface area (Å²) in [6, 6.07) is 6.71. The van der Waals surface area contributed by atoms with Crippen LogP contribution in [0.15, 0.2) is 39.4 Å². The van der Waals surface area contributed by atoms with Crippen LogP contribution >= 0.6 is 0 Å². The van der Waals surface area contributed by atoms with Crippen molar-refractivity contribution in [1.82, 2.24) is 5.32 Å². The summed E-state index contributed by atoms with van der Waals surface area (Å²) in [5.74, 6) is 1.08. The molecule has 2 heterocycles. The third-order valence-corrected chi connectivity index (χ3v) is 2.56. The molecule has 2 rings (SSSR count). The normalized spacial score (nSPS) is 12.3. The number of nitrogens with one attached hydrogen (secondary N) is 1. The molecule has 0 radical (unpaired) electrons. The van der Waals surface area contributed by atoms with E-state index in [1.54, 1.807) is 24.3 Å². The van der Waals surface area contributed by atoms with Gasteiger partial charge in [-0.25, -0.2) is 0 Å². The van der Waals surface area contributed by atoms with Crippen LogP contribution in [0.2, 0.25) is 0 Å². The molecule has 2 aromatic rings. The van der Waals surface area contributed by atoms with E-state index in [4.69, 9.17) is 8.83 Å². The van der Waals surface area contributed by atoms with Gasteiger partial charge in [0.05, 0.1) is 12.8 Å². The van der Waals surface area contributed by atoms with Crippen LogP contribution in [-0.2, 0) is 6.42 Å². The summed E-state index contributed by atoms with van der Waals surface area (Å²) in [6.07, 6.45) is 1.35. The molecule has 0 aliphatic rings. The maximum absolute atomic E-state index is 11.7. The van der Waals surface area contributed by atoms with Crippen molar-refractivity contribution in [3.05, 3.63) is 47.8 Å². The van der Waals surface area contributed by atoms with E-state index in [-0.39, 0.29) is 18.2 Å². The van der Waals surface area contributed by atoms with Gasteiger partial charge in [-0.3, -0.25) is 4.79 Å². The molecular formula is C13H15NO4. The van der Waals surface area contributed by atoms with Crippen molar-refractivity contribution in [2.75, 3.05) is 6.54 Å². The third-order valence-electron chi connectivity index (χ3n) is 2.56. The van der Waals surface area contributed by atoms with Gasteiger partial charge < -0.3 is 19.3 Å². The summed E-state index contributed by atoms with van der Waals surface area (Å²) in [7, 11) is 0. The summed E-state index contributed by atoms with van der Waals surface area (Å²) in [5.41, 5.74) is 0. The third kappa shape index (κ3) is 2.81. The zero-order chi connectivity index (χ0) is 13.0. The van der Waals surface area contributed by atoms with Crippen LogP contribution < -0.4 is 5.32 Å². The zero-order valence-corrected chi connectivity index (χ0v) is 10.1. The lowest BCUT2D eigenvalue weighted by atomic mass is 10.2. The van der Waals surface area contributed by atoms with Crippen LogP contribution in [0.4, 0.5) is 0 Å². The van der Waals surface area contributed by atoms with Gasteiger partial charge in [0.15, 0.2) is 5.76 Å². The number of rotatable bonds is 5. The Hall–Kier alpha value is -2.01. The summed E-state index contributed by atoms with van der Waals surface area (Å²) in [4.78, 5) is 11.7. The molecule has 2 N–H and O–H groups in total. The number of amides is 1. The van der Waals surface area contributed by atoms with Gasteiger partial charge in [-0.2, -0.15) is 0 Å². The number of hydrogen-bond acceptors (Lipinski definition) is 4. The van der Waals surface area contributed by atoms with Crippen molar-refractivity contribution in [3.8, 4) is 0 Å². The average Bonchev–Trinajstić information content (AvgIpc) is 3.05. The molecule has 2 aromatic heterocycles. The van der Waals surface area contributed by atoms with Crippen LogP contribution in [-0.4, -0.2) is 17.6 Å². The van der Waals surface area contributed by atoms with Crippen LogP contribution in [0.25, 0.3) is 0 Å².